The Morgan fingerprint density at radius 3 is 2.65 bits per heavy atom. The van der Waals surface area contributed by atoms with Crippen molar-refractivity contribution in [2.24, 2.45) is 4.99 Å². The highest BCUT2D eigenvalue weighted by Gasteiger charge is 2.16. The average molecular weight is 351 g/mol. The molecule has 1 aliphatic heterocycles. The second-order valence-electron chi connectivity index (χ2n) is 6.28. The Kier molecular flexibility index (Phi) is 6.39. The molecule has 0 bridgehead atoms. The van der Waals surface area contributed by atoms with E-state index in [9.17, 15) is 4.79 Å². The Hall–Kier alpha value is -2.66. The summed E-state index contributed by atoms with van der Waals surface area (Å²) in [7, 11) is 0. The van der Waals surface area contributed by atoms with Gasteiger partial charge in [-0.3, -0.25) is 10.1 Å². The lowest BCUT2D eigenvalue weighted by atomic mass is 10.1. The highest BCUT2D eigenvalue weighted by atomic mass is 16.5. The van der Waals surface area contributed by atoms with Gasteiger partial charge < -0.3 is 10.1 Å². The largest absolute Gasteiger partial charge is 0.376 e. The summed E-state index contributed by atoms with van der Waals surface area (Å²) >= 11 is 0. The minimum absolute atomic E-state index is 0.127. The molecule has 2 aromatic rings. The lowest BCUT2D eigenvalue weighted by molar-refractivity contribution is 0.0975. The van der Waals surface area contributed by atoms with E-state index in [1.54, 1.807) is 12.1 Å². The fourth-order valence-electron chi connectivity index (χ4n) is 2.94. The van der Waals surface area contributed by atoms with Gasteiger partial charge in [-0.2, -0.15) is 0 Å². The fraction of sp³-hybridized carbons (Fsp3) is 0.333. The molecule has 0 aliphatic carbocycles. The number of ether oxygens (including phenoxy) is 1. The van der Waals surface area contributed by atoms with Gasteiger partial charge in [0, 0.05) is 17.9 Å². The van der Waals surface area contributed by atoms with Crippen LogP contribution in [0.1, 0.15) is 35.7 Å². The molecule has 5 nitrogen and oxygen atoms in total. The second-order valence-corrected chi connectivity index (χ2v) is 6.28. The van der Waals surface area contributed by atoms with Crippen LogP contribution in [0.3, 0.4) is 0 Å². The zero-order valence-corrected chi connectivity index (χ0v) is 15.1. The molecule has 0 unspecified atom stereocenters. The molecule has 0 radical (unpaired) electrons. The molecule has 1 amide bonds. The van der Waals surface area contributed by atoms with E-state index in [0.717, 1.165) is 31.6 Å². The van der Waals surface area contributed by atoms with E-state index in [1.165, 1.54) is 5.56 Å². The van der Waals surface area contributed by atoms with Crippen LogP contribution < -0.4 is 10.6 Å². The first-order chi connectivity index (χ1) is 12.8. The van der Waals surface area contributed by atoms with Gasteiger partial charge in [-0.05, 0) is 43.0 Å². The molecule has 1 heterocycles. The zero-order chi connectivity index (χ0) is 18.2. The number of carbonyl (C=O) groups excluding carboxylic acids is 1. The number of para-hydroxylation sites is 1. The van der Waals surface area contributed by atoms with Gasteiger partial charge in [0.2, 0.25) is 5.96 Å². The standard InChI is InChI=1S/C21H25N3O2/c1-2-16-9-6-7-13-19(16)23-21(22-15-18-12-8-14-26-18)24-20(25)17-10-4-3-5-11-17/h3-7,9-11,13,18H,2,8,12,14-15H2,1H3,(H2,22,23,24,25)/t18-/m1/s1. The number of carbonyl (C=O) groups is 1. The molecule has 136 valence electrons. The molecule has 0 saturated carbocycles. The summed E-state index contributed by atoms with van der Waals surface area (Å²) in [6, 6.07) is 17.2. The molecule has 1 saturated heterocycles. The van der Waals surface area contributed by atoms with E-state index in [-0.39, 0.29) is 12.0 Å². The van der Waals surface area contributed by atoms with Crippen molar-refractivity contribution in [2.75, 3.05) is 18.5 Å². The highest BCUT2D eigenvalue weighted by Crippen LogP contribution is 2.16. The lowest BCUT2D eigenvalue weighted by Gasteiger charge is -2.15. The summed E-state index contributed by atoms with van der Waals surface area (Å²) in [5.41, 5.74) is 2.73. The van der Waals surface area contributed by atoms with Crippen LogP contribution in [-0.2, 0) is 11.2 Å². The predicted octanol–water partition coefficient (Wildman–Crippen LogP) is 3.63. The van der Waals surface area contributed by atoms with E-state index < -0.39 is 0 Å². The molecule has 1 aliphatic rings. The van der Waals surface area contributed by atoms with Crippen LogP contribution >= 0.6 is 0 Å². The summed E-state index contributed by atoms with van der Waals surface area (Å²) in [6.07, 6.45) is 3.10. The van der Waals surface area contributed by atoms with Gasteiger partial charge in [-0.25, -0.2) is 4.99 Å². The van der Waals surface area contributed by atoms with E-state index >= 15 is 0 Å². The van der Waals surface area contributed by atoms with Gasteiger partial charge in [0.05, 0.1) is 12.6 Å². The van der Waals surface area contributed by atoms with Gasteiger partial charge in [-0.15, -0.1) is 0 Å². The summed E-state index contributed by atoms with van der Waals surface area (Å²) in [5.74, 6) is 0.272. The molecule has 1 atom stereocenters. The zero-order valence-electron chi connectivity index (χ0n) is 15.1. The normalized spacial score (nSPS) is 17.1. The Bertz CT molecular complexity index is 753. The van der Waals surface area contributed by atoms with E-state index in [1.807, 2.05) is 36.4 Å². The quantitative estimate of drug-likeness (QED) is 0.639. The topological polar surface area (TPSA) is 62.7 Å². The fourth-order valence-corrected chi connectivity index (χ4v) is 2.94. The Morgan fingerprint density at radius 2 is 1.92 bits per heavy atom. The average Bonchev–Trinajstić information content (AvgIpc) is 3.21. The molecule has 3 rings (SSSR count). The van der Waals surface area contributed by atoms with Crippen LogP contribution in [0.4, 0.5) is 5.69 Å². The van der Waals surface area contributed by atoms with Crippen LogP contribution in [0.5, 0.6) is 0 Å². The van der Waals surface area contributed by atoms with E-state index in [0.29, 0.717) is 18.1 Å². The van der Waals surface area contributed by atoms with Crippen LogP contribution in [0.2, 0.25) is 0 Å². The first-order valence-electron chi connectivity index (χ1n) is 9.13. The van der Waals surface area contributed by atoms with Crippen LogP contribution in [0.25, 0.3) is 0 Å². The van der Waals surface area contributed by atoms with Crippen molar-refractivity contribution in [1.82, 2.24) is 5.32 Å². The number of aliphatic imine (C=N–C) groups is 1. The van der Waals surface area contributed by atoms with Crippen molar-refractivity contribution in [1.29, 1.82) is 0 Å². The van der Waals surface area contributed by atoms with Crippen LogP contribution in [0.15, 0.2) is 59.6 Å². The Morgan fingerprint density at radius 1 is 1.15 bits per heavy atom. The number of rotatable bonds is 5. The van der Waals surface area contributed by atoms with Gasteiger partial charge in [0.1, 0.15) is 0 Å². The van der Waals surface area contributed by atoms with Gasteiger partial charge in [0.15, 0.2) is 0 Å². The minimum atomic E-state index is -0.182. The highest BCUT2D eigenvalue weighted by molar-refractivity contribution is 6.10. The van der Waals surface area contributed by atoms with Crippen molar-refractivity contribution >= 4 is 17.6 Å². The first kappa shape index (κ1) is 18.1. The summed E-state index contributed by atoms with van der Waals surface area (Å²) in [5, 5.41) is 6.19. The molecule has 0 aromatic heterocycles. The molecule has 2 N–H and O–H groups in total. The van der Waals surface area contributed by atoms with Gasteiger partial charge >= 0.3 is 0 Å². The number of amides is 1. The van der Waals surface area contributed by atoms with Crippen LogP contribution in [-0.4, -0.2) is 31.1 Å². The minimum Gasteiger partial charge on any atom is -0.376 e. The Labute approximate surface area is 154 Å². The second kappa shape index (κ2) is 9.15. The number of hydrogen-bond acceptors (Lipinski definition) is 3. The number of nitrogens with one attached hydrogen (secondary N) is 2. The summed E-state index contributed by atoms with van der Waals surface area (Å²) in [4.78, 5) is 17.1. The lowest BCUT2D eigenvalue weighted by Crippen LogP contribution is -2.37. The summed E-state index contributed by atoms with van der Waals surface area (Å²) < 4.78 is 5.64. The molecule has 0 spiro atoms. The molecular formula is C21H25N3O2. The molecule has 1 fully saturated rings. The summed E-state index contributed by atoms with van der Waals surface area (Å²) in [6.45, 7) is 3.43. The maximum Gasteiger partial charge on any atom is 0.257 e. The third kappa shape index (κ3) is 4.92. The number of nitrogens with zero attached hydrogens (tertiary/aromatic N) is 1. The van der Waals surface area contributed by atoms with Crippen molar-refractivity contribution in [3.63, 3.8) is 0 Å². The van der Waals surface area contributed by atoms with E-state index in [4.69, 9.17) is 4.74 Å². The number of anilines is 1. The number of hydrogen-bond donors (Lipinski definition) is 2. The molecule has 2 aromatic carbocycles. The Balaban J connectivity index is 1.76. The van der Waals surface area contributed by atoms with Crippen LogP contribution in [0, 0.1) is 0 Å². The molecule has 26 heavy (non-hydrogen) atoms. The van der Waals surface area contributed by atoms with Crippen molar-refractivity contribution in [3.8, 4) is 0 Å². The molecule has 5 heteroatoms. The van der Waals surface area contributed by atoms with Gasteiger partial charge in [0.25, 0.3) is 5.91 Å². The maximum absolute atomic E-state index is 12.5. The maximum atomic E-state index is 12.5. The number of aryl methyl sites for hydroxylation is 1. The van der Waals surface area contributed by atoms with Crippen molar-refractivity contribution < 1.29 is 9.53 Å². The van der Waals surface area contributed by atoms with Gasteiger partial charge in [-0.1, -0.05) is 43.3 Å². The van der Waals surface area contributed by atoms with Crippen molar-refractivity contribution in [2.45, 2.75) is 32.3 Å². The SMILES string of the molecule is CCc1ccccc1NC(=NC[C@H]1CCCO1)NC(=O)c1ccccc1. The number of benzene rings is 2. The molecular weight excluding hydrogens is 326 g/mol. The number of guanidine groups is 1. The first-order valence-corrected chi connectivity index (χ1v) is 9.13. The third-order valence-corrected chi connectivity index (χ3v) is 4.40. The monoisotopic (exact) mass is 351 g/mol. The third-order valence-electron chi connectivity index (χ3n) is 4.40. The predicted molar refractivity (Wildman–Crippen MR) is 105 cm³/mol. The smallest absolute Gasteiger partial charge is 0.257 e. The van der Waals surface area contributed by atoms with E-state index in [2.05, 4.69) is 28.6 Å². The van der Waals surface area contributed by atoms with Crippen molar-refractivity contribution in [3.05, 3.63) is 65.7 Å².